The van der Waals surface area contributed by atoms with Gasteiger partial charge in [-0.2, -0.15) is 0 Å². The van der Waals surface area contributed by atoms with E-state index in [1.54, 1.807) is 14.1 Å². The van der Waals surface area contributed by atoms with Gasteiger partial charge in [-0.1, -0.05) is 30.3 Å². The molecule has 2 amide bonds. The number of hydrogen-bond acceptors (Lipinski definition) is 3. The summed E-state index contributed by atoms with van der Waals surface area (Å²) in [6.07, 6.45) is 0.907. The minimum Gasteiger partial charge on any atom is -0.358 e. The third-order valence-corrected chi connectivity index (χ3v) is 2.98. The molecule has 3 N–H and O–H groups in total. The zero-order valence-electron chi connectivity index (χ0n) is 11.4. The Labute approximate surface area is 113 Å². The van der Waals surface area contributed by atoms with Gasteiger partial charge < -0.3 is 16.0 Å². The first-order valence-electron chi connectivity index (χ1n) is 6.29. The molecule has 1 unspecified atom stereocenters. The highest BCUT2D eigenvalue weighted by Gasteiger charge is 2.14. The molecular weight excluding hydrogens is 242 g/mol. The van der Waals surface area contributed by atoms with Crippen molar-refractivity contribution < 1.29 is 9.59 Å². The Morgan fingerprint density at radius 1 is 1.32 bits per heavy atom. The topological polar surface area (TPSA) is 75.4 Å². The number of benzene rings is 1. The maximum Gasteiger partial charge on any atom is 0.239 e. The second-order valence-electron chi connectivity index (χ2n) is 4.48. The molecule has 0 aliphatic rings. The fraction of sp³-hybridized carbons (Fsp3) is 0.429. The fourth-order valence-corrected chi connectivity index (χ4v) is 1.72. The van der Waals surface area contributed by atoms with E-state index in [0.717, 1.165) is 5.56 Å². The maximum absolute atomic E-state index is 11.8. The zero-order valence-corrected chi connectivity index (χ0v) is 11.4. The predicted octanol–water partition coefficient (Wildman–Crippen LogP) is 0.671. The molecule has 19 heavy (non-hydrogen) atoms. The lowest BCUT2D eigenvalue weighted by atomic mass is 10.0. The predicted molar refractivity (Wildman–Crippen MR) is 74.3 cm³/mol. The van der Waals surface area contributed by atoms with E-state index >= 15 is 0 Å². The van der Waals surface area contributed by atoms with Crippen molar-refractivity contribution in [1.82, 2.24) is 10.2 Å². The lowest BCUT2D eigenvalue weighted by molar-refractivity contribution is -0.134. The van der Waals surface area contributed by atoms with Crippen LogP contribution in [0.5, 0.6) is 0 Å². The van der Waals surface area contributed by atoms with Crippen LogP contribution in [0, 0.1) is 0 Å². The maximum atomic E-state index is 11.8. The van der Waals surface area contributed by atoms with Gasteiger partial charge in [-0.15, -0.1) is 0 Å². The molecule has 0 aliphatic heterocycles. The standard InChI is InChI=1S/C14H21N3O2/c1-16-13(18)10-17(2)14(19)9-8-12(15)11-6-4-3-5-7-11/h3-7,12H,8-10,15H2,1-2H3,(H,16,18). The molecule has 0 bridgehead atoms. The molecule has 0 saturated carbocycles. The molecule has 0 aromatic heterocycles. The SMILES string of the molecule is CNC(=O)CN(C)C(=O)CCC(N)c1ccccc1. The summed E-state index contributed by atoms with van der Waals surface area (Å²) in [5, 5.41) is 2.48. The molecular formula is C14H21N3O2. The molecule has 0 aliphatic carbocycles. The minimum atomic E-state index is -0.178. The van der Waals surface area contributed by atoms with Gasteiger partial charge in [-0.3, -0.25) is 9.59 Å². The molecule has 0 radical (unpaired) electrons. The Morgan fingerprint density at radius 3 is 2.53 bits per heavy atom. The number of carbonyl (C=O) groups excluding carboxylic acids is 2. The van der Waals surface area contributed by atoms with Crippen LogP contribution in [0.25, 0.3) is 0 Å². The number of likely N-dealkylation sites (N-methyl/N-ethyl adjacent to an activating group) is 2. The monoisotopic (exact) mass is 263 g/mol. The largest absolute Gasteiger partial charge is 0.358 e. The van der Waals surface area contributed by atoms with Crippen molar-refractivity contribution in [3.63, 3.8) is 0 Å². The smallest absolute Gasteiger partial charge is 0.239 e. The normalized spacial score (nSPS) is 11.7. The summed E-state index contributed by atoms with van der Waals surface area (Å²) in [4.78, 5) is 24.4. The highest BCUT2D eigenvalue weighted by atomic mass is 16.2. The molecule has 0 fully saturated rings. The van der Waals surface area contributed by atoms with E-state index in [4.69, 9.17) is 5.73 Å². The van der Waals surface area contributed by atoms with Gasteiger partial charge in [0.15, 0.2) is 0 Å². The van der Waals surface area contributed by atoms with Crippen molar-refractivity contribution in [2.75, 3.05) is 20.6 Å². The summed E-state index contributed by atoms with van der Waals surface area (Å²) in [5.74, 6) is -0.252. The van der Waals surface area contributed by atoms with E-state index in [-0.39, 0.29) is 24.4 Å². The Bertz CT molecular complexity index is 420. The van der Waals surface area contributed by atoms with Crippen molar-refractivity contribution in [1.29, 1.82) is 0 Å². The van der Waals surface area contributed by atoms with Gasteiger partial charge in [0.2, 0.25) is 11.8 Å². The quantitative estimate of drug-likeness (QED) is 0.792. The average Bonchev–Trinajstić information content (AvgIpc) is 2.44. The molecule has 5 nitrogen and oxygen atoms in total. The summed E-state index contributed by atoms with van der Waals surface area (Å²) in [5.41, 5.74) is 7.04. The van der Waals surface area contributed by atoms with Crippen LogP contribution >= 0.6 is 0 Å². The Balaban J connectivity index is 2.39. The lowest BCUT2D eigenvalue weighted by Crippen LogP contribution is -2.37. The number of hydrogen-bond donors (Lipinski definition) is 2. The summed E-state index contributed by atoms with van der Waals surface area (Å²) in [6.45, 7) is 0.0793. The summed E-state index contributed by atoms with van der Waals surface area (Å²) in [7, 11) is 3.16. The molecule has 1 rings (SSSR count). The van der Waals surface area contributed by atoms with Crippen LogP contribution in [0.4, 0.5) is 0 Å². The molecule has 0 spiro atoms. The van der Waals surface area contributed by atoms with Crippen molar-refractivity contribution in [3.8, 4) is 0 Å². The molecule has 1 aromatic carbocycles. The van der Waals surface area contributed by atoms with Crippen LogP contribution in [-0.2, 0) is 9.59 Å². The van der Waals surface area contributed by atoms with Crippen molar-refractivity contribution in [3.05, 3.63) is 35.9 Å². The average molecular weight is 263 g/mol. The number of amides is 2. The van der Waals surface area contributed by atoms with Crippen molar-refractivity contribution in [2.24, 2.45) is 5.73 Å². The van der Waals surface area contributed by atoms with Crippen molar-refractivity contribution in [2.45, 2.75) is 18.9 Å². The van der Waals surface area contributed by atoms with Gasteiger partial charge in [0.25, 0.3) is 0 Å². The van der Waals surface area contributed by atoms with Crippen LogP contribution in [0.15, 0.2) is 30.3 Å². The second-order valence-corrected chi connectivity index (χ2v) is 4.48. The van der Waals surface area contributed by atoms with Crippen LogP contribution in [0.1, 0.15) is 24.4 Å². The molecule has 1 aromatic rings. The fourth-order valence-electron chi connectivity index (χ4n) is 1.72. The minimum absolute atomic E-state index is 0.0741. The highest BCUT2D eigenvalue weighted by Crippen LogP contribution is 2.15. The first-order chi connectivity index (χ1) is 9.04. The lowest BCUT2D eigenvalue weighted by Gasteiger charge is -2.17. The third-order valence-electron chi connectivity index (χ3n) is 2.98. The van der Waals surface area contributed by atoms with Crippen LogP contribution in [0.3, 0.4) is 0 Å². The van der Waals surface area contributed by atoms with E-state index in [1.165, 1.54) is 4.90 Å². The van der Waals surface area contributed by atoms with Gasteiger partial charge in [0.1, 0.15) is 0 Å². The summed E-state index contributed by atoms with van der Waals surface area (Å²) < 4.78 is 0. The van der Waals surface area contributed by atoms with E-state index in [1.807, 2.05) is 30.3 Å². The van der Waals surface area contributed by atoms with Gasteiger partial charge in [0, 0.05) is 26.6 Å². The summed E-state index contributed by atoms with van der Waals surface area (Å²) >= 11 is 0. The molecule has 1 atom stereocenters. The number of rotatable bonds is 6. The Kier molecular flexibility index (Phi) is 6.02. The molecule has 104 valence electrons. The van der Waals surface area contributed by atoms with Crippen LogP contribution < -0.4 is 11.1 Å². The van der Waals surface area contributed by atoms with Crippen molar-refractivity contribution >= 4 is 11.8 Å². The molecule has 0 saturated heterocycles. The zero-order chi connectivity index (χ0) is 14.3. The van der Waals surface area contributed by atoms with Gasteiger partial charge >= 0.3 is 0 Å². The van der Waals surface area contributed by atoms with Gasteiger partial charge in [-0.25, -0.2) is 0 Å². The molecule has 5 heteroatoms. The number of nitrogens with two attached hydrogens (primary N) is 1. The summed E-state index contributed by atoms with van der Waals surface area (Å²) in [6, 6.07) is 9.52. The first-order valence-corrected chi connectivity index (χ1v) is 6.29. The van der Waals surface area contributed by atoms with Crippen LogP contribution in [-0.4, -0.2) is 37.4 Å². The van der Waals surface area contributed by atoms with Gasteiger partial charge in [-0.05, 0) is 12.0 Å². The molecule has 0 heterocycles. The third kappa shape index (κ3) is 5.09. The van der Waals surface area contributed by atoms with E-state index < -0.39 is 0 Å². The van der Waals surface area contributed by atoms with E-state index in [0.29, 0.717) is 12.8 Å². The Hall–Kier alpha value is -1.88. The number of nitrogens with zero attached hydrogens (tertiary/aromatic N) is 1. The van der Waals surface area contributed by atoms with E-state index in [9.17, 15) is 9.59 Å². The second kappa shape index (κ2) is 7.53. The van der Waals surface area contributed by atoms with E-state index in [2.05, 4.69) is 5.32 Å². The Morgan fingerprint density at radius 2 is 1.95 bits per heavy atom. The van der Waals surface area contributed by atoms with Gasteiger partial charge in [0.05, 0.1) is 6.54 Å². The number of nitrogens with one attached hydrogen (secondary N) is 1. The highest BCUT2D eigenvalue weighted by molar-refractivity contribution is 5.84. The first kappa shape index (κ1) is 15.2. The van der Waals surface area contributed by atoms with Crippen LogP contribution in [0.2, 0.25) is 0 Å². The number of carbonyl (C=O) groups is 2.